The highest BCUT2D eigenvalue weighted by Crippen LogP contribution is 2.26. The van der Waals surface area contributed by atoms with Gasteiger partial charge in [-0.1, -0.05) is 56.3 Å². The summed E-state index contributed by atoms with van der Waals surface area (Å²) in [7, 11) is -1.66. The molecule has 1 atom stereocenters. The Morgan fingerprint density at radius 3 is 2.29 bits per heavy atom. The Morgan fingerprint density at radius 1 is 1.06 bits per heavy atom. The summed E-state index contributed by atoms with van der Waals surface area (Å²) in [6, 6.07) is 17.7. The second-order valence-corrected chi connectivity index (χ2v) is 11.6. The Kier molecular flexibility index (Phi) is 9.54. The van der Waals surface area contributed by atoms with Crippen molar-refractivity contribution in [2.24, 2.45) is 11.8 Å². The lowest BCUT2D eigenvalue weighted by Gasteiger charge is -2.32. The van der Waals surface area contributed by atoms with Gasteiger partial charge in [-0.3, -0.25) is 4.79 Å². The lowest BCUT2D eigenvalue weighted by molar-refractivity contribution is -0.127. The molecule has 0 radical (unpaired) electrons. The van der Waals surface area contributed by atoms with Gasteiger partial charge in [0.05, 0.1) is 18.9 Å². The van der Waals surface area contributed by atoms with Crippen molar-refractivity contribution >= 4 is 15.9 Å². The first kappa shape index (κ1) is 26.2. The van der Waals surface area contributed by atoms with Crippen LogP contribution in [0.1, 0.15) is 56.7 Å². The standard InChI is InChI=1S/C27H38N2O4S/c1-21(2)20-26(23-11-13-25(33-3)14-12-23)28-27(30)24-15-17-29(18-16-24)34(31,32)19-7-10-22-8-5-4-6-9-22/h4-6,8-9,11-14,21,24,26H,7,10,15-20H2,1-3H3,(H,28,30)/t26-/m1/s1. The minimum atomic E-state index is -3.30. The predicted molar refractivity (Wildman–Crippen MR) is 136 cm³/mol. The van der Waals surface area contributed by atoms with E-state index >= 15 is 0 Å². The molecule has 3 rings (SSSR count). The molecule has 2 aromatic rings. The molecule has 0 aliphatic carbocycles. The van der Waals surface area contributed by atoms with Gasteiger partial charge in [-0.2, -0.15) is 0 Å². The third-order valence-corrected chi connectivity index (χ3v) is 8.43. The summed E-state index contributed by atoms with van der Waals surface area (Å²) in [6.45, 7) is 5.10. The fourth-order valence-corrected chi connectivity index (χ4v) is 6.04. The van der Waals surface area contributed by atoms with Crippen LogP contribution in [-0.4, -0.2) is 44.6 Å². The molecule has 1 amide bonds. The normalized spacial score (nSPS) is 16.4. The van der Waals surface area contributed by atoms with Crippen LogP contribution < -0.4 is 10.1 Å². The molecule has 7 heteroatoms. The van der Waals surface area contributed by atoms with Crippen LogP contribution in [0.25, 0.3) is 0 Å². The number of carbonyl (C=O) groups excluding carboxylic acids is 1. The molecule has 0 aromatic heterocycles. The number of aryl methyl sites for hydroxylation is 1. The van der Waals surface area contributed by atoms with Gasteiger partial charge in [-0.05, 0) is 61.3 Å². The molecule has 0 spiro atoms. The Labute approximate surface area is 204 Å². The Balaban J connectivity index is 1.51. The molecule has 1 aliphatic heterocycles. The van der Waals surface area contributed by atoms with Gasteiger partial charge in [0.25, 0.3) is 0 Å². The SMILES string of the molecule is COc1ccc([C@@H](CC(C)C)NC(=O)C2CCN(S(=O)(=O)CCCc3ccccc3)CC2)cc1. The molecule has 1 aliphatic rings. The van der Waals surface area contributed by atoms with E-state index in [0.717, 1.165) is 29.7 Å². The van der Waals surface area contributed by atoms with Gasteiger partial charge in [0, 0.05) is 19.0 Å². The highest BCUT2D eigenvalue weighted by molar-refractivity contribution is 7.89. The fourth-order valence-electron chi connectivity index (χ4n) is 4.50. The van der Waals surface area contributed by atoms with Crippen LogP contribution in [0, 0.1) is 11.8 Å². The van der Waals surface area contributed by atoms with Crippen molar-refractivity contribution < 1.29 is 17.9 Å². The number of amides is 1. The van der Waals surface area contributed by atoms with Crippen molar-refractivity contribution in [1.82, 2.24) is 9.62 Å². The maximum absolute atomic E-state index is 13.1. The zero-order valence-corrected chi connectivity index (χ0v) is 21.4. The van der Waals surface area contributed by atoms with E-state index in [9.17, 15) is 13.2 Å². The number of hydrogen-bond acceptors (Lipinski definition) is 4. The maximum atomic E-state index is 13.1. The molecule has 1 saturated heterocycles. The van der Waals surface area contributed by atoms with Crippen molar-refractivity contribution in [3.8, 4) is 5.75 Å². The number of hydrogen-bond donors (Lipinski definition) is 1. The zero-order valence-electron chi connectivity index (χ0n) is 20.6. The number of ether oxygens (including phenoxy) is 1. The van der Waals surface area contributed by atoms with E-state index in [4.69, 9.17) is 4.74 Å². The highest BCUT2D eigenvalue weighted by atomic mass is 32.2. The van der Waals surface area contributed by atoms with Crippen LogP contribution in [0.15, 0.2) is 54.6 Å². The largest absolute Gasteiger partial charge is 0.497 e. The second kappa shape index (κ2) is 12.4. The second-order valence-electron chi connectivity index (χ2n) is 9.54. The minimum absolute atomic E-state index is 0.0163. The molecule has 0 saturated carbocycles. The van der Waals surface area contributed by atoms with Gasteiger partial charge in [0.1, 0.15) is 5.75 Å². The maximum Gasteiger partial charge on any atom is 0.223 e. The average molecular weight is 487 g/mol. The van der Waals surface area contributed by atoms with E-state index in [1.165, 1.54) is 0 Å². The number of nitrogens with zero attached hydrogens (tertiary/aromatic N) is 1. The molecule has 1 N–H and O–H groups in total. The molecular weight excluding hydrogens is 448 g/mol. The summed E-state index contributed by atoms with van der Waals surface area (Å²) in [5.74, 6) is 1.21. The van der Waals surface area contributed by atoms with E-state index in [2.05, 4.69) is 19.2 Å². The van der Waals surface area contributed by atoms with Gasteiger partial charge in [0.2, 0.25) is 15.9 Å². The topological polar surface area (TPSA) is 75.7 Å². The summed E-state index contributed by atoms with van der Waals surface area (Å²) < 4.78 is 32.4. The van der Waals surface area contributed by atoms with E-state index < -0.39 is 10.0 Å². The van der Waals surface area contributed by atoms with Crippen LogP contribution in [0.3, 0.4) is 0 Å². The predicted octanol–water partition coefficient (Wildman–Crippen LogP) is 4.57. The van der Waals surface area contributed by atoms with Crippen molar-refractivity contribution in [2.45, 2.75) is 52.0 Å². The summed E-state index contributed by atoms with van der Waals surface area (Å²) in [4.78, 5) is 13.1. The Morgan fingerprint density at radius 2 is 1.71 bits per heavy atom. The smallest absolute Gasteiger partial charge is 0.223 e. The molecule has 186 valence electrons. The summed E-state index contributed by atoms with van der Waals surface area (Å²) in [5, 5.41) is 3.23. The van der Waals surface area contributed by atoms with E-state index in [-0.39, 0.29) is 23.6 Å². The number of sulfonamides is 1. The quantitative estimate of drug-likeness (QED) is 0.505. The number of nitrogens with one attached hydrogen (secondary N) is 1. The van der Waals surface area contributed by atoms with Gasteiger partial charge in [-0.15, -0.1) is 0 Å². The molecule has 1 fully saturated rings. The lowest BCUT2D eigenvalue weighted by atomic mass is 9.93. The first-order valence-electron chi connectivity index (χ1n) is 12.2. The third kappa shape index (κ3) is 7.57. The molecule has 2 aromatic carbocycles. The average Bonchev–Trinajstić information content (AvgIpc) is 2.84. The van der Waals surface area contributed by atoms with Crippen molar-refractivity contribution in [3.63, 3.8) is 0 Å². The van der Waals surface area contributed by atoms with Crippen LogP contribution in [0.5, 0.6) is 5.75 Å². The minimum Gasteiger partial charge on any atom is -0.497 e. The van der Waals surface area contributed by atoms with Crippen molar-refractivity contribution in [2.75, 3.05) is 26.0 Å². The molecule has 0 unspecified atom stereocenters. The van der Waals surface area contributed by atoms with E-state index in [0.29, 0.717) is 38.3 Å². The fraction of sp³-hybridized carbons (Fsp3) is 0.519. The third-order valence-electron chi connectivity index (χ3n) is 6.47. The van der Waals surface area contributed by atoms with Crippen LogP contribution in [-0.2, 0) is 21.2 Å². The van der Waals surface area contributed by atoms with Crippen molar-refractivity contribution in [1.29, 1.82) is 0 Å². The molecule has 34 heavy (non-hydrogen) atoms. The highest BCUT2D eigenvalue weighted by Gasteiger charge is 2.31. The Hall–Kier alpha value is -2.38. The zero-order chi connectivity index (χ0) is 24.6. The van der Waals surface area contributed by atoms with Crippen LogP contribution >= 0.6 is 0 Å². The van der Waals surface area contributed by atoms with Crippen LogP contribution in [0.4, 0.5) is 0 Å². The first-order valence-corrected chi connectivity index (χ1v) is 13.9. The summed E-state index contributed by atoms with van der Waals surface area (Å²) in [6.07, 6.45) is 3.31. The number of piperidine rings is 1. The van der Waals surface area contributed by atoms with E-state index in [1.807, 2.05) is 54.6 Å². The molecular formula is C27H38N2O4S. The molecule has 0 bridgehead atoms. The molecule has 1 heterocycles. The number of rotatable bonds is 11. The van der Waals surface area contributed by atoms with Crippen LogP contribution in [0.2, 0.25) is 0 Å². The first-order chi connectivity index (χ1) is 16.3. The van der Waals surface area contributed by atoms with Gasteiger partial charge in [-0.25, -0.2) is 12.7 Å². The van der Waals surface area contributed by atoms with Gasteiger partial charge in [0.15, 0.2) is 0 Å². The number of benzene rings is 2. The summed E-state index contributed by atoms with van der Waals surface area (Å²) >= 11 is 0. The lowest BCUT2D eigenvalue weighted by Crippen LogP contribution is -2.44. The van der Waals surface area contributed by atoms with Crippen molar-refractivity contribution in [3.05, 3.63) is 65.7 Å². The van der Waals surface area contributed by atoms with Gasteiger partial charge < -0.3 is 10.1 Å². The van der Waals surface area contributed by atoms with E-state index in [1.54, 1.807) is 11.4 Å². The number of methoxy groups -OCH3 is 1. The monoisotopic (exact) mass is 486 g/mol. The molecule has 6 nitrogen and oxygen atoms in total. The number of carbonyl (C=O) groups is 1. The Bertz CT molecular complexity index is 999. The summed E-state index contributed by atoms with van der Waals surface area (Å²) in [5.41, 5.74) is 2.21. The van der Waals surface area contributed by atoms with Gasteiger partial charge >= 0.3 is 0 Å².